The molecule has 0 saturated carbocycles. The monoisotopic (exact) mass is 522 g/mol. The fourth-order valence-corrected chi connectivity index (χ4v) is 4.94. The van der Waals surface area contributed by atoms with E-state index in [2.05, 4.69) is 51.2 Å². The van der Waals surface area contributed by atoms with Crippen LogP contribution < -0.4 is 5.32 Å². The first kappa shape index (κ1) is 29.4. The van der Waals surface area contributed by atoms with E-state index < -0.39 is 18.2 Å². The quantitative estimate of drug-likeness (QED) is 0.123. The van der Waals surface area contributed by atoms with E-state index in [1.165, 1.54) is 41.8 Å². The molecule has 0 aromatic heterocycles. The highest BCUT2D eigenvalue weighted by molar-refractivity contribution is 6.48. The van der Waals surface area contributed by atoms with Crippen molar-refractivity contribution in [2.24, 2.45) is 5.16 Å². The molecule has 0 saturated heterocycles. The Morgan fingerprint density at radius 2 is 1.53 bits per heavy atom. The number of carboxylic acids is 1. The van der Waals surface area contributed by atoms with E-state index >= 15 is 0 Å². The first-order valence-corrected chi connectivity index (χ1v) is 13.7. The summed E-state index contributed by atoms with van der Waals surface area (Å²) in [7, 11) is 0. The van der Waals surface area contributed by atoms with Gasteiger partial charge in [-0.15, -0.1) is 0 Å². The van der Waals surface area contributed by atoms with Crippen LogP contribution in [0.25, 0.3) is 0 Å². The number of aliphatic hydroxyl groups excluding tert-OH is 1. The number of rotatable bonds is 12. The number of aliphatic hydroxyl groups is 1. The van der Waals surface area contributed by atoms with Gasteiger partial charge in [-0.05, 0) is 71.6 Å². The third-order valence-corrected chi connectivity index (χ3v) is 7.55. The lowest BCUT2D eigenvalue weighted by molar-refractivity contribution is -0.113. The van der Waals surface area contributed by atoms with Gasteiger partial charge in [0.25, 0.3) is 5.91 Å². The smallest absolute Gasteiger partial charge is 0.335 e. The highest BCUT2D eigenvalue weighted by Crippen LogP contribution is 2.46. The van der Waals surface area contributed by atoms with Gasteiger partial charge in [0.15, 0.2) is 5.71 Å². The average Bonchev–Trinajstić information content (AvgIpc) is 2.87. The van der Waals surface area contributed by atoms with Gasteiger partial charge in [0, 0.05) is 17.7 Å². The van der Waals surface area contributed by atoms with Crippen molar-refractivity contribution in [2.45, 2.75) is 103 Å². The van der Waals surface area contributed by atoms with Gasteiger partial charge >= 0.3 is 5.97 Å². The van der Waals surface area contributed by atoms with Gasteiger partial charge in [-0.2, -0.15) is 0 Å². The summed E-state index contributed by atoms with van der Waals surface area (Å²) >= 11 is 0. The molecule has 0 spiro atoms. The molecule has 1 amide bonds. The van der Waals surface area contributed by atoms with E-state index in [-0.39, 0.29) is 22.1 Å². The van der Waals surface area contributed by atoms with Crippen molar-refractivity contribution < 1.29 is 24.6 Å². The summed E-state index contributed by atoms with van der Waals surface area (Å²) in [5.41, 5.74) is 3.62. The second-order valence-electron chi connectivity index (χ2n) is 11.6. The number of aromatic carboxylic acids is 1. The van der Waals surface area contributed by atoms with Crippen molar-refractivity contribution in [3.05, 3.63) is 64.7 Å². The zero-order valence-corrected chi connectivity index (χ0v) is 23.3. The molecule has 38 heavy (non-hydrogen) atoms. The van der Waals surface area contributed by atoms with Crippen LogP contribution in [0.15, 0.2) is 47.6 Å². The molecule has 0 radical (unpaired) electrons. The Hall–Kier alpha value is -3.19. The lowest BCUT2D eigenvalue weighted by atomic mass is 9.63. The maximum atomic E-state index is 13.4. The lowest BCUT2D eigenvalue weighted by Gasteiger charge is -2.42. The molecule has 0 aliphatic heterocycles. The van der Waals surface area contributed by atoms with E-state index in [1.54, 1.807) is 0 Å². The van der Waals surface area contributed by atoms with Gasteiger partial charge in [-0.3, -0.25) is 4.79 Å². The molecular formula is C31H42N2O5. The third kappa shape index (κ3) is 7.44. The van der Waals surface area contributed by atoms with Gasteiger partial charge < -0.3 is 20.4 Å². The molecule has 7 nitrogen and oxygen atoms in total. The minimum atomic E-state index is -1.11. The Labute approximate surface area is 226 Å². The van der Waals surface area contributed by atoms with Crippen LogP contribution >= 0.6 is 0 Å². The zero-order chi connectivity index (χ0) is 27.9. The van der Waals surface area contributed by atoms with Crippen LogP contribution in [-0.4, -0.2) is 34.1 Å². The number of fused-ring (bicyclic) bond motifs is 1. The number of hydrogen-bond acceptors (Lipinski definition) is 5. The highest BCUT2D eigenvalue weighted by atomic mass is 16.7. The van der Waals surface area contributed by atoms with Crippen molar-refractivity contribution in [3.8, 4) is 0 Å². The van der Waals surface area contributed by atoms with Crippen molar-refractivity contribution in [3.63, 3.8) is 0 Å². The molecule has 1 aliphatic carbocycles. The van der Waals surface area contributed by atoms with Crippen molar-refractivity contribution in [1.82, 2.24) is 0 Å². The molecule has 206 valence electrons. The summed E-state index contributed by atoms with van der Waals surface area (Å²) in [5, 5.41) is 26.5. The van der Waals surface area contributed by atoms with Gasteiger partial charge in [0.05, 0.1) is 5.56 Å². The summed E-state index contributed by atoms with van der Waals surface area (Å²) in [5.74, 6) is -1.54. The number of amides is 1. The average molecular weight is 523 g/mol. The van der Waals surface area contributed by atoms with Crippen LogP contribution in [0, 0.1) is 0 Å². The predicted octanol–water partition coefficient (Wildman–Crippen LogP) is 6.77. The van der Waals surface area contributed by atoms with E-state index in [9.17, 15) is 14.7 Å². The number of nitrogens with one attached hydrogen (secondary N) is 1. The van der Waals surface area contributed by atoms with E-state index in [1.807, 2.05) is 12.1 Å². The fraction of sp³-hybridized carbons (Fsp3) is 0.516. The minimum absolute atomic E-state index is 0.0271. The normalized spacial score (nSPS) is 16.8. The van der Waals surface area contributed by atoms with Crippen LogP contribution in [0.2, 0.25) is 0 Å². The summed E-state index contributed by atoms with van der Waals surface area (Å²) in [6, 6.07) is 11.9. The van der Waals surface area contributed by atoms with Gasteiger partial charge in [0.1, 0.15) is 0 Å². The Morgan fingerprint density at radius 3 is 2.16 bits per heavy atom. The maximum absolute atomic E-state index is 13.4. The van der Waals surface area contributed by atoms with E-state index in [4.69, 9.17) is 9.94 Å². The standard InChI is InChI=1S/C31H42N2O5/c1-6-7-8-9-10-11-26(34)38-33-27(28(35)32-23-15-12-21(13-16-23)29(36)37)22-14-17-24-25(20-22)31(4,5)19-18-30(24,2)3/h12-17,20,26,34H,6-11,18-19H2,1-5H3,(H,32,35)(H,36,37). The van der Waals surface area contributed by atoms with Gasteiger partial charge in [-0.25, -0.2) is 4.79 Å². The number of nitrogens with zero attached hydrogens (tertiary/aromatic N) is 1. The molecule has 3 rings (SSSR count). The Balaban J connectivity index is 1.88. The summed E-state index contributed by atoms with van der Waals surface area (Å²) < 4.78 is 0. The second kappa shape index (κ2) is 12.6. The largest absolute Gasteiger partial charge is 0.478 e. The van der Waals surface area contributed by atoms with Crippen LogP contribution in [0.3, 0.4) is 0 Å². The molecule has 7 heteroatoms. The second-order valence-corrected chi connectivity index (χ2v) is 11.6. The Morgan fingerprint density at radius 1 is 0.921 bits per heavy atom. The van der Waals surface area contributed by atoms with Crippen LogP contribution in [0.5, 0.6) is 0 Å². The molecular weight excluding hydrogens is 480 g/mol. The number of benzene rings is 2. The summed E-state index contributed by atoms with van der Waals surface area (Å²) in [6.45, 7) is 11.1. The van der Waals surface area contributed by atoms with Crippen molar-refractivity contribution in [2.75, 3.05) is 5.32 Å². The van der Waals surface area contributed by atoms with Crippen molar-refractivity contribution >= 4 is 23.3 Å². The predicted molar refractivity (Wildman–Crippen MR) is 151 cm³/mol. The number of carbonyl (C=O) groups excluding carboxylic acids is 1. The van der Waals surface area contributed by atoms with Crippen LogP contribution in [-0.2, 0) is 20.5 Å². The zero-order valence-electron chi connectivity index (χ0n) is 23.3. The Kier molecular flexibility index (Phi) is 9.71. The highest BCUT2D eigenvalue weighted by Gasteiger charge is 2.37. The molecule has 1 aliphatic rings. The third-order valence-electron chi connectivity index (χ3n) is 7.55. The van der Waals surface area contributed by atoms with Crippen LogP contribution in [0.1, 0.15) is 113 Å². The first-order chi connectivity index (χ1) is 17.9. The van der Waals surface area contributed by atoms with Gasteiger partial charge in [0.2, 0.25) is 6.29 Å². The summed E-state index contributed by atoms with van der Waals surface area (Å²) in [6.07, 6.45) is 6.68. The number of carbonyl (C=O) groups is 2. The Bertz CT molecular complexity index is 1150. The molecule has 0 bridgehead atoms. The molecule has 0 fully saturated rings. The fourth-order valence-electron chi connectivity index (χ4n) is 4.94. The van der Waals surface area contributed by atoms with E-state index in [0.29, 0.717) is 17.7 Å². The first-order valence-electron chi connectivity index (χ1n) is 13.7. The molecule has 0 heterocycles. The molecule has 1 atom stereocenters. The number of unbranched alkanes of at least 4 members (excludes halogenated alkanes) is 4. The molecule has 1 unspecified atom stereocenters. The number of oxime groups is 1. The minimum Gasteiger partial charge on any atom is -0.478 e. The summed E-state index contributed by atoms with van der Waals surface area (Å²) in [4.78, 5) is 30.0. The number of hydrogen-bond donors (Lipinski definition) is 3. The molecule has 2 aromatic carbocycles. The maximum Gasteiger partial charge on any atom is 0.335 e. The number of anilines is 1. The van der Waals surface area contributed by atoms with Crippen LogP contribution in [0.4, 0.5) is 5.69 Å². The molecule has 3 N–H and O–H groups in total. The SMILES string of the molecule is CCCCCCCC(O)ON=C(C(=O)Nc1ccc(C(=O)O)cc1)c1ccc2c(c1)C(C)(C)CCC2(C)C. The van der Waals surface area contributed by atoms with Gasteiger partial charge in [-0.1, -0.05) is 77.6 Å². The van der Waals surface area contributed by atoms with Crippen molar-refractivity contribution in [1.29, 1.82) is 0 Å². The molecule has 2 aromatic rings. The lowest BCUT2D eigenvalue weighted by Crippen LogP contribution is -2.34. The number of carboxylic acid groups (broad SMARTS) is 1. The van der Waals surface area contributed by atoms with E-state index in [0.717, 1.165) is 38.5 Å². The topological polar surface area (TPSA) is 108 Å².